The van der Waals surface area contributed by atoms with Gasteiger partial charge in [-0.15, -0.1) is 0 Å². The summed E-state index contributed by atoms with van der Waals surface area (Å²) in [5.41, 5.74) is 4.18. The molecule has 0 spiro atoms. The van der Waals surface area contributed by atoms with Crippen LogP contribution in [0.4, 0.5) is 0 Å². The minimum Gasteiger partial charge on any atom is -0.0813 e. The summed E-state index contributed by atoms with van der Waals surface area (Å²) in [6.45, 7) is 8.88. The minimum absolute atomic E-state index is 0.675. The SMILES string of the molecule is CCC=C(C)c1ccc(C(C)CC)cc1. The minimum atomic E-state index is 0.675. The molecule has 0 aliphatic carbocycles. The van der Waals surface area contributed by atoms with Crippen LogP contribution >= 0.6 is 0 Å². The van der Waals surface area contributed by atoms with Gasteiger partial charge in [0.1, 0.15) is 0 Å². The van der Waals surface area contributed by atoms with Crippen molar-refractivity contribution in [3.8, 4) is 0 Å². The summed E-state index contributed by atoms with van der Waals surface area (Å²) >= 11 is 0. The van der Waals surface area contributed by atoms with Crippen molar-refractivity contribution in [3.05, 3.63) is 41.5 Å². The summed E-state index contributed by atoms with van der Waals surface area (Å²) in [4.78, 5) is 0. The second kappa shape index (κ2) is 5.75. The summed E-state index contributed by atoms with van der Waals surface area (Å²) in [6, 6.07) is 9.00. The van der Waals surface area contributed by atoms with E-state index in [9.17, 15) is 0 Å². The van der Waals surface area contributed by atoms with E-state index < -0.39 is 0 Å². The first-order valence-electron chi connectivity index (χ1n) is 5.96. The van der Waals surface area contributed by atoms with Gasteiger partial charge in [-0.05, 0) is 42.4 Å². The van der Waals surface area contributed by atoms with Gasteiger partial charge in [0.15, 0.2) is 0 Å². The van der Waals surface area contributed by atoms with E-state index in [2.05, 4.69) is 58.0 Å². The van der Waals surface area contributed by atoms with Gasteiger partial charge in [0.25, 0.3) is 0 Å². The molecule has 0 heteroatoms. The maximum Gasteiger partial charge on any atom is -0.0193 e. The number of rotatable bonds is 4. The normalized spacial score (nSPS) is 14.0. The Bertz CT molecular complexity index is 316. The van der Waals surface area contributed by atoms with Crippen LogP contribution in [0.1, 0.15) is 57.6 Å². The molecule has 0 saturated heterocycles. The number of allylic oxidation sites excluding steroid dienone is 2. The lowest BCUT2D eigenvalue weighted by Gasteiger charge is -2.09. The van der Waals surface area contributed by atoms with Crippen LogP contribution in [0.15, 0.2) is 30.3 Å². The molecule has 1 atom stereocenters. The van der Waals surface area contributed by atoms with Gasteiger partial charge in [-0.1, -0.05) is 51.1 Å². The monoisotopic (exact) mass is 202 g/mol. The van der Waals surface area contributed by atoms with Crippen LogP contribution in [0.3, 0.4) is 0 Å². The van der Waals surface area contributed by atoms with E-state index in [1.165, 1.54) is 23.1 Å². The van der Waals surface area contributed by atoms with Gasteiger partial charge in [-0.3, -0.25) is 0 Å². The maximum absolute atomic E-state index is 2.28. The Morgan fingerprint density at radius 3 is 2.27 bits per heavy atom. The molecule has 0 aromatic heterocycles. The second-order valence-corrected chi connectivity index (χ2v) is 4.23. The van der Waals surface area contributed by atoms with Crippen LogP contribution in [0.25, 0.3) is 5.57 Å². The van der Waals surface area contributed by atoms with Crippen molar-refractivity contribution in [3.63, 3.8) is 0 Å². The Labute approximate surface area is 94.0 Å². The molecule has 1 unspecified atom stereocenters. The maximum atomic E-state index is 2.28. The summed E-state index contributed by atoms with van der Waals surface area (Å²) in [5.74, 6) is 0.675. The molecule has 0 fully saturated rings. The first-order valence-corrected chi connectivity index (χ1v) is 5.96. The van der Waals surface area contributed by atoms with Gasteiger partial charge in [0, 0.05) is 0 Å². The molecule has 0 nitrogen and oxygen atoms in total. The van der Waals surface area contributed by atoms with Crippen molar-refractivity contribution in [2.45, 2.75) is 46.5 Å². The van der Waals surface area contributed by atoms with Crippen molar-refractivity contribution >= 4 is 5.57 Å². The number of benzene rings is 1. The standard InChI is InChI=1S/C15H22/c1-5-7-13(4)15-10-8-14(9-11-15)12(3)6-2/h7-12H,5-6H2,1-4H3. The predicted molar refractivity (Wildman–Crippen MR) is 69.1 cm³/mol. The fourth-order valence-corrected chi connectivity index (χ4v) is 1.73. The number of hydrogen-bond acceptors (Lipinski definition) is 0. The molecule has 1 aromatic carbocycles. The molecule has 0 aliphatic rings. The summed E-state index contributed by atoms with van der Waals surface area (Å²) < 4.78 is 0. The van der Waals surface area contributed by atoms with Crippen LogP contribution < -0.4 is 0 Å². The average Bonchev–Trinajstić information content (AvgIpc) is 2.28. The molecule has 0 heterocycles. The zero-order valence-corrected chi connectivity index (χ0v) is 10.4. The third-order valence-corrected chi connectivity index (χ3v) is 3.06. The molecule has 0 radical (unpaired) electrons. The smallest absolute Gasteiger partial charge is 0.0193 e. The van der Waals surface area contributed by atoms with Crippen molar-refractivity contribution in [1.82, 2.24) is 0 Å². The Kier molecular flexibility index (Phi) is 4.61. The quantitative estimate of drug-likeness (QED) is 0.643. The Morgan fingerprint density at radius 2 is 1.80 bits per heavy atom. The van der Waals surface area contributed by atoms with E-state index >= 15 is 0 Å². The Hall–Kier alpha value is -1.04. The lowest BCUT2D eigenvalue weighted by atomic mass is 9.96. The topological polar surface area (TPSA) is 0 Å². The van der Waals surface area contributed by atoms with Crippen molar-refractivity contribution in [1.29, 1.82) is 0 Å². The molecule has 82 valence electrons. The van der Waals surface area contributed by atoms with Crippen molar-refractivity contribution in [2.24, 2.45) is 0 Å². The van der Waals surface area contributed by atoms with Crippen LogP contribution in [0.5, 0.6) is 0 Å². The third kappa shape index (κ3) is 3.23. The fourth-order valence-electron chi connectivity index (χ4n) is 1.73. The van der Waals surface area contributed by atoms with Gasteiger partial charge in [0.2, 0.25) is 0 Å². The summed E-state index contributed by atoms with van der Waals surface area (Å²) in [7, 11) is 0. The molecule has 0 saturated carbocycles. The molecule has 0 aliphatic heterocycles. The van der Waals surface area contributed by atoms with Crippen molar-refractivity contribution < 1.29 is 0 Å². The van der Waals surface area contributed by atoms with Gasteiger partial charge in [-0.2, -0.15) is 0 Å². The third-order valence-electron chi connectivity index (χ3n) is 3.06. The zero-order chi connectivity index (χ0) is 11.3. The highest BCUT2D eigenvalue weighted by molar-refractivity contribution is 5.63. The lowest BCUT2D eigenvalue weighted by Crippen LogP contribution is -1.91. The predicted octanol–water partition coefficient (Wildman–Crippen LogP) is 5.01. The molecule has 0 amide bonds. The molecule has 0 bridgehead atoms. The summed E-state index contributed by atoms with van der Waals surface area (Å²) in [6.07, 6.45) is 4.60. The van der Waals surface area contributed by atoms with E-state index in [1.54, 1.807) is 0 Å². The van der Waals surface area contributed by atoms with Gasteiger partial charge in [-0.25, -0.2) is 0 Å². The molecule has 1 aromatic rings. The van der Waals surface area contributed by atoms with E-state index in [0.717, 1.165) is 6.42 Å². The molecule has 0 N–H and O–H groups in total. The zero-order valence-electron chi connectivity index (χ0n) is 10.4. The summed E-state index contributed by atoms with van der Waals surface area (Å²) in [5, 5.41) is 0. The lowest BCUT2D eigenvalue weighted by molar-refractivity contribution is 0.733. The first-order chi connectivity index (χ1) is 7.19. The highest BCUT2D eigenvalue weighted by Gasteiger charge is 2.02. The highest BCUT2D eigenvalue weighted by Crippen LogP contribution is 2.21. The van der Waals surface area contributed by atoms with Gasteiger partial charge >= 0.3 is 0 Å². The molecule has 1 rings (SSSR count). The van der Waals surface area contributed by atoms with E-state index in [4.69, 9.17) is 0 Å². The first kappa shape index (κ1) is 12.0. The Balaban J connectivity index is 2.85. The Morgan fingerprint density at radius 1 is 1.20 bits per heavy atom. The van der Waals surface area contributed by atoms with E-state index in [1.807, 2.05) is 0 Å². The molecule has 15 heavy (non-hydrogen) atoms. The molecular weight excluding hydrogens is 180 g/mol. The van der Waals surface area contributed by atoms with Crippen LogP contribution in [-0.2, 0) is 0 Å². The van der Waals surface area contributed by atoms with Crippen LogP contribution in [0, 0.1) is 0 Å². The highest BCUT2D eigenvalue weighted by atomic mass is 14.1. The fraction of sp³-hybridized carbons (Fsp3) is 0.467. The van der Waals surface area contributed by atoms with E-state index in [0.29, 0.717) is 5.92 Å². The van der Waals surface area contributed by atoms with Gasteiger partial charge in [0.05, 0.1) is 0 Å². The van der Waals surface area contributed by atoms with Crippen LogP contribution in [0.2, 0.25) is 0 Å². The largest absolute Gasteiger partial charge is 0.0813 e. The van der Waals surface area contributed by atoms with Crippen molar-refractivity contribution in [2.75, 3.05) is 0 Å². The average molecular weight is 202 g/mol. The molecular formula is C15H22. The number of hydrogen-bond donors (Lipinski definition) is 0. The van der Waals surface area contributed by atoms with Crippen LogP contribution in [-0.4, -0.2) is 0 Å². The van der Waals surface area contributed by atoms with Gasteiger partial charge < -0.3 is 0 Å². The van der Waals surface area contributed by atoms with E-state index in [-0.39, 0.29) is 0 Å². The second-order valence-electron chi connectivity index (χ2n) is 4.23.